The average Bonchev–Trinajstić information content (AvgIpc) is 3.30. The van der Waals surface area contributed by atoms with E-state index in [2.05, 4.69) is 5.32 Å². The van der Waals surface area contributed by atoms with Crippen LogP contribution in [-0.4, -0.2) is 26.1 Å². The van der Waals surface area contributed by atoms with Gasteiger partial charge in [-0.2, -0.15) is 0 Å². The molecule has 0 aromatic heterocycles. The summed E-state index contributed by atoms with van der Waals surface area (Å²) in [4.78, 5) is 24.8. The molecule has 0 saturated heterocycles. The SMILES string of the molecule is COc1cc2c(c(NC(=O)CC3CC4CCC3C4)c1OC)C(=O)OC2. The van der Waals surface area contributed by atoms with Crippen LogP contribution in [0.2, 0.25) is 0 Å². The fourth-order valence-electron chi connectivity index (χ4n) is 4.78. The number of methoxy groups -OCH3 is 2. The lowest BCUT2D eigenvalue weighted by Crippen LogP contribution is -2.21. The predicted octanol–water partition coefficient (Wildman–Crippen LogP) is 3.14. The Morgan fingerprint density at radius 2 is 2.12 bits per heavy atom. The predicted molar refractivity (Wildman–Crippen MR) is 90.9 cm³/mol. The summed E-state index contributed by atoms with van der Waals surface area (Å²) in [6.07, 6.45) is 5.46. The van der Waals surface area contributed by atoms with Crippen LogP contribution in [0.3, 0.4) is 0 Å². The van der Waals surface area contributed by atoms with E-state index in [1.165, 1.54) is 33.5 Å². The van der Waals surface area contributed by atoms with Gasteiger partial charge in [0.05, 0.1) is 19.8 Å². The Hall–Kier alpha value is -2.24. The third-order valence-corrected chi connectivity index (χ3v) is 5.91. The van der Waals surface area contributed by atoms with E-state index < -0.39 is 5.97 Å². The molecular weight excluding hydrogens is 322 g/mol. The molecule has 134 valence electrons. The van der Waals surface area contributed by atoms with E-state index in [9.17, 15) is 9.59 Å². The largest absolute Gasteiger partial charge is 0.493 e. The van der Waals surface area contributed by atoms with Gasteiger partial charge in [0, 0.05) is 12.0 Å². The van der Waals surface area contributed by atoms with E-state index in [1.54, 1.807) is 6.07 Å². The van der Waals surface area contributed by atoms with Crippen LogP contribution in [0.4, 0.5) is 5.69 Å². The molecule has 0 spiro atoms. The lowest BCUT2D eigenvalue weighted by molar-refractivity contribution is -0.117. The third kappa shape index (κ3) is 2.73. The van der Waals surface area contributed by atoms with Crippen LogP contribution in [0.1, 0.15) is 48.0 Å². The summed E-state index contributed by atoms with van der Waals surface area (Å²) < 4.78 is 15.9. The number of carbonyl (C=O) groups excluding carboxylic acids is 2. The summed E-state index contributed by atoms with van der Waals surface area (Å²) in [5.41, 5.74) is 1.45. The zero-order valence-electron chi connectivity index (χ0n) is 14.6. The molecule has 3 aliphatic rings. The summed E-state index contributed by atoms with van der Waals surface area (Å²) in [5.74, 6) is 2.26. The first kappa shape index (κ1) is 16.2. The molecule has 1 heterocycles. The molecule has 25 heavy (non-hydrogen) atoms. The average molecular weight is 345 g/mol. The first-order chi connectivity index (χ1) is 12.1. The van der Waals surface area contributed by atoms with Gasteiger partial charge in [-0.1, -0.05) is 6.42 Å². The van der Waals surface area contributed by atoms with Crippen LogP contribution in [-0.2, 0) is 16.1 Å². The van der Waals surface area contributed by atoms with Crippen molar-refractivity contribution in [2.75, 3.05) is 19.5 Å². The first-order valence-corrected chi connectivity index (χ1v) is 8.85. The van der Waals surface area contributed by atoms with Crippen molar-refractivity contribution in [3.63, 3.8) is 0 Å². The van der Waals surface area contributed by atoms with Crippen LogP contribution < -0.4 is 14.8 Å². The second-order valence-electron chi connectivity index (χ2n) is 7.28. The topological polar surface area (TPSA) is 73.9 Å². The molecule has 2 bridgehead atoms. The van der Waals surface area contributed by atoms with Gasteiger partial charge in [-0.3, -0.25) is 4.79 Å². The van der Waals surface area contributed by atoms with E-state index in [-0.39, 0.29) is 12.5 Å². The van der Waals surface area contributed by atoms with Crippen LogP contribution in [0, 0.1) is 17.8 Å². The molecule has 1 N–H and O–H groups in total. The molecule has 1 aromatic rings. The Bertz CT molecular complexity index is 729. The van der Waals surface area contributed by atoms with Crippen molar-refractivity contribution in [3.8, 4) is 11.5 Å². The fourth-order valence-corrected chi connectivity index (χ4v) is 4.78. The minimum atomic E-state index is -0.439. The number of hydrogen-bond acceptors (Lipinski definition) is 5. The molecule has 1 amide bonds. The molecule has 4 rings (SSSR count). The Kier molecular flexibility index (Phi) is 4.06. The first-order valence-electron chi connectivity index (χ1n) is 8.85. The standard InChI is InChI=1S/C19H23NO5/c1-23-14-7-13-9-25-19(22)16(13)17(18(14)24-2)20-15(21)8-12-6-10-3-4-11(12)5-10/h7,10-12H,3-6,8-9H2,1-2H3,(H,20,21). The van der Waals surface area contributed by atoms with Crippen LogP contribution in [0.5, 0.6) is 11.5 Å². The van der Waals surface area contributed by atoms with Crippen molar-refractivity contribution >= 4 is 17.6 Å². The Morgan fingerprint density at radius 3 is 2.76 bits per heavy atom. The Morgan fingerprint density at radius 1 is 1.28 bits per heavy atom. The van der Waals surface area contributed by atoms with E-state index in [4.69, 9.17) is 14.2 Å². The second-order valence-corrected chi connectivity index (χ2v) is 7.28. The summed E-state index contributed by atoms with van der Waals surface area (Å²) in [7, 11) is 3.03. The Labute approximate surface area is 146 Å². The molecule has 6 heteroatoms. The zero-order chi connectivity index (χ0) is 17.6. The number of ether oxygens (including phenoxy) is 3. The maximum atomic E-state index is 12.7. The smallest absolute Gasteiger partial charge is 0.341 e. The van der Waals surface area contributed by atoms with E-state index >= 15 is 0 Å². The monoisotopic (exact) mass is 345 g/mol. The second kappa shape index (κ2) is 6.24. The van der Waals surface area contributed by atoms with Gasteiger partial charge >= 0.3 is 5.97 Å². The van der Waals surface area contributed by atoms with E-state index in [0.29, 0.717) is 46.6 Å². The maximum absolute atomic E-state index is 12.7. The molecule has 0 radical (unpaired) electrons. The number of anilines is 1. The molecular formula is C19H23NO5. The molecule has 2 saturated carbocycles. The van der Waals surface area contributed by atoms with Crippen molar-refractivity contribution < 1.29 is 23.8 Å². The highest BCUT2D eigenvalue weighted by molar-refractivity contribution is 6.06. The lowest BCUT2D eigenvalue weighted by Gasteiger charge is -2.22. The van der Waals surface area contributed by atoms with Gasteiger partial charge in [0.2, 0.25) is 5.91 Å². The van der Waals surface area contributed by atoms with Crippen molar-refractivity contribution in [1.29, 1.82) is 0 Å². The summed E-state index contributed by atoms with van der Waals surface area (Å²) in [6, 6.07) is 1.73. The summed E-state index contributed by atoms with van der Waals surface area (Å²) in [5, 5.41) is 2.91. The number of fused-ring (bicyclic) bond motifs is 3. The van der Waals surface area contributed by atoms with E-state index in [0.717, 1.165) is 12.3 Å². The van der Waals surface area contributed by atoms with Crippen molar-refractivity contribution in [1.82, 2.24) is 0 Å². The number of benzene rings is 1. The number of carbonyl (C=O) groups is 2. The van der Waals surface area contributed by atoms with Gasteiger partial charge in [0.25, 0.3) is 0 Å². The van der Waals surface area contributed by atoms with Gasteiger partial charge < -0.3 is 19.5 Å². The minimum Gasteiger partial charge on any atom is -0.493 e. The Balaban J connectivity index is 1.59. The molecule has 3 unspecified atom stereocenters. The number of hydrogen-bond donors (Lipinski definition) is 1. The van der Waals surface area contributed by atoms with Crippen molar-refractivity contribution in [2.45, 2.75) is 38.7 Å². The molecule has 3 atom stereocenters. The van der Waals surface area contributed by atoms with Crippen LogP contribution in [0.25, 0.3) is 0 Å². The number of amides is 1. The highest BCUT2D eigenvalue weighted by Crippen LogP contribution is 2.50. The van der Waals surface area contributed by atoms with Gasteiger partial charge in [-0.15, -0.1) is 0 Å². The van der Waals surface area contributed by atoms with Crippen molar-refractivity contribution in [3.05, 3.63) is 17.2 Å². The van der Waals surface area contributed by atoms with Gasteiger partial charge in [-0.05, 0) is 43.1 Å². The zero-order valence-corrected chi connectivity index (χ0v) is 14.6. The lowest BCUT2D eigenvalue weighted by atomic mass is 9.86. The highest BCUT2D eigenvalue weighted by Gasteiger charge is 2.40. The molecule has 6 nitrogen and oxygen atoms in total. The number of nitrogens with one attached hydrogen (secondary N) is 1. The van der Waals surface area contributed by atoms with Crippen molar-refractivity contribution in [2.24, 2.45) is 17.8 Å². The van der Waals surface area contributed by atoms with Gasteiger partial charge in [0.1, 0.15) is 12.3 Å². The van der Waals surface area contributed by atoms with Gasteiger partial charge in [-0.25, -0.2) is 4.79 Å². The molecule has 2 fully saturated rings. The summed E-state index contributed by atoms with van der Waals surface area (Å²) >= 11 is 0. The number of esters is 1. The molecule has 2 aliphatic carbocycles. The molecule has 1 aliphatic heterocycles. The normalized spacial score (nSPS) is 26.3. The van der Waals surface area contributed by atoms with Crippen LogP contribution >= 0.6 is 0 Å². The summed E-state index contributed by atoms with van der Waals surface area (Å²) in [6.45, 7) is 0.184. The van der Waals surface area contributed by atoms with E-state index in [1.807, 2.05) is 0 Å². The maximum Gasteiger partial charge on any atom is 0.341 e. The molecule has 1 aromatic carbocycles. The quantitative estimate of drug-likeness (QED) is 0.830. The fraction of sp³-hybridized carbons (Fsp3) is 0.579. The van der Waals surface area contributed by atoms with Crippen LogP contribution in [0.15, 0.2) is 6.07 Å². The number of rotatable bonds is 5. The van der Waals surface area contributed by atoms with Gasteiger partial charge in [0.15, 0.2) is 11.5 Å². The minimum absolute atomic E-state index is 0.0778. The third-order valence-electron chi connectivity index (χ3n) is 5.91. The highest BCUT2D eigenvalue weighted by atomic mass is 16.5. The number of cyclic esters (lactones) is 1.